The number of fused-ring (bicyclic) bond motifs is 1. The molecule has 0 saturated heterocycles. The lowest BCUT2D eigenvalue weighted by Gasteiger charge is -1.95. The molecule has 0 atom stereocenters. The number of carbonyl (C=O) groups is 1. The molecule has 0 spiro atoms. The summed E-state index contributed by atoms with van der Waals surface area (Å²) in [5, 5.41) is 0.678. The molecule has 2 N–H and O–H groups in total. The largest absolute Gasteiger partial charge is 0.465 e. The standard InChI is InChI=1S/C10H9NO3/c1-13-10(12)8-6-4-2-3-5-7(6)14-9(8)11/h2-5H,11H2,1H3. The van der Waals surface area contributed by atoms with Gasteiger partial charge in [0.2, 0.25) is 5.88 Å². The molecule has 0 aliphatic carbocycles. The van der Waals surface area contributed by atoms with Crippen molar-refractivity contribution < 1.29 is 13.9 Å². The molecule has 4 heteroatoms. The smallest absolute Gasteiger partial charge is 0.344 e. The van der Waals surface area contributed by atoms with Crippen LogP contribution in [0.25, 0.3) is 11.0 Å². The lowest BCUT2D eigenvalue weighted by Crippen LogP contribution is -2.03. The van der Waals surface area contributed by atoms with Gasteiger partial charge in [0.15, 0.2) is 0 Å². The number of nitrogen functional groups attached to an aromatic ring is 1. The summed E-state index contributed by atoms with van der Waals surface area (Å²) in [5.41, 5.74) is 6.45. The third-order valence-corrected chi connectivity index (χ3v) is 2.01. The van der Waals surface area contributed by atoms with Crippen LogP contribution in [-0.2, 0) is 4.74 Å². The van der Waals surface area contributed by atoms with Gasteiger partial charge in [0.05, 0.1) is 7.11 Å². The minimum absolute atomic E-state index is 0.0954. The van der Waals surface area contributed by atoms with Crippen molar-refractivity contribution in [2.75, 3.05) is 12.8 Å². The van der Waals surface area contributed by atoms with Crippen molar-refractivity contribution in [2.45, 2.75) is 0 Å². The summed E-state index contributed by atoms with van der Waals surface area (Å²) in [4.78, 5) is 11.3. The third kappa shape index (κ3) is 1.12. The Morgan fingerprint density at radius 1 is 1.43 bits per heavy atom. The van der Waals surface area contributed by atoms with Gasteiger partial charge < -0.3 is 14.9 Å². The molecular formula is C10H9NO3. The summed E-state index contributed by atoms with van der Waals surface area (Å²) in [6.45, 7) is 0. The van der Waals surface area contributed by atoms with Crippen molar-refractivity contribution >= 4 is 22.8 Å². The number of anilines is 1. The fourth-order valence-electron chi connectivity index (χ4n) is 1.38. The lowest BCUT2D eigenvalue weighted by atomic mass is 10.2. The number of rotatable bonds is 1. The van der Waals surface area contributed by atoms with E-state index in [2.05, 4.69) is 4.74 Å². The molecule has 0 saturated carbocycles. The van der Waals surface area contributed by atoms with Gasteiger partial charge in [-0.1, -0.05) is 18.2 Å². The molecule has 0 radical (unpaired) electrons. The summed E-state index contributed by atoms with van der Waals surface area (Å²) < 4.78 is 9.80. The van der Waals surface area contributed by atoms with Crippen LogP contribution in [0.1, 0.15) is 10.4 Å². The van der Waals surface area contributed by atoms with Crippen LogP contribution in [0.5, 0.6) is 0 Å². The molecule has 2 aromatic rings. The number of hydrogen-bond acceptors (Lipinski definition) is 4. The molecule has 0 bridgehead atoms. The molecule has 0 fully saturated rings. The van der Waals surface area contributed by atoms with Gasteiger partial charge in [0.25, 0.3) is 0 Å². The average molecular weight is 191 g/mol. The summed E-state index contributed by atoms with van der Waals surface area (Å²) in [5.74, 6) is -0.384. The fourth-order valence-corrected chi connectivity index (χ4v) is 1.38. The number of carbonyl (C=O) groups excluding carboxylic acids is 1. The van der Waals surface area contributed by atoms with Gasteiger partial charge in [-0.25, -0.2) is 4.79 Å². The molecule has 1 aromatic carbocycles. The molecule has 14 heavy (non-hydrogen) atoms. The topological polar surface area (TPSA) is 65.5 Å². The first-order chi connectivity index (χ1) is 6.74. The second-order valence-electron chi connectivity index (χ2n) is 2.83. The van der Waals surface area contributed by atoms with E-state index >= 15 is 0 Å². The van der Waals surface area contributed by atoms with Crippen LogP contribution in [0.15, 0.2) is 28.7 Å². The second kappa shape index (κ2) is 3.06. The minimum atomic E-state index is -0.479. The van der Waals surface area contributed by atoms with Gasteiger partial charge in [0, 0.05) is 5.39 Å². The Kier molecular flexibility index (Phi) is 1.89. The van der Waals surface area contributed by atoms with E-state index in [0.717, 1.165) is 0 Å². The SMILES string of the molecule is COC(=O)c1c(N)oc2ccccc12. The Hall–Kier alpha value is -1.97. The number of furan rings is 1. The Balaban J connectivity index is 2.74. The van der Waals surface area contributed by atoms with Crippen LogP contribution in [0, 0.1) is 0 Å². The summed E-state index contributed by atoms with van der Waals surface area (Å²) in [7, 11) is 1.31. The van der Waals surface area contributed by atoms with Crippen LogP contribution in [-0.4, -0.2) is 13.1 Å². The molecule has 0 amide bonds. The van der Waals surface area contributed by atoms with E-state index in [-0.39, 0.29) is 5.88 Å². The lowest BCUT2D eigenvalue weighted by molar-refractivity contribution is 0.0603. The van der Waals surface area contributed by atoms with Gasteiger partial charge in [-0.2, -0.15) is 0 Å². The molecule has 72 valence electrons. The van der Waals surface area contributed by atoms with Crippen molar-refractivity contribution in [3.63, 3.8) is 0 Å². The molecule has 2 rings (SSSR count). The Morgan fingerprint density at radius 2 is 2.14 bits per heavy atom. The highest BCUT2D eigenvalue weighted by molar-refractivity contribution is 6.07. The molecule has 1 heterocycles. The average Bonchev–Trinajstić information content (AvgIpc) is 2.53. The second-order valence-corrected chi connectivity index (χ2v) is 2.83. The maximum Gasteiger partial charge on any atom is 0.344 e. The molecule has 0 unspecified atom stereocenters. The molecule has 4 nitrogen and oxygen atoms in total. The Morgan fingerprint density at radius 3 is 2.86 bits per heavy atom. The van der Waals surface area contributed by atoms with Gasteiger partial charge in [-0.3, -0.25) is 0 Å². The Bertz CT molecular complexity index is 487. The normalized spacial score (nSPS) is 10.4. The van der Waals surface area contributed by atoms with E-state index < -0.39 is 5.97 Å². The van der Waals surface area contributed by atoms with E-state index in [9.17, 15) is 4.79 Å². The molecule has 0 aliphatic rings. The summed E-state index contributed by atoms with van der Waals surface area (Å²) >= 11 is 0. The predicted octanol–water partition coefficient (Wildman–Crippen LogP) is 1.80. The van der Waals surface area contributed by atoms with Crippen molar-refractivity contribution in [3.05, 3.63) is 29.8 Å². The number of methoxy groups -OCH3 is 1. The maximum atomic E-state index is 11.3. The quantitative estimate of drug-likeness (QED) is 0.698. The number of esters is 1. The third-order valence-electron chi connectivity index (χ3n) is 2.01. The minimum Gasteiger partial charge on any atom is -0.465 e. The summed E-state index contributed by atoms with van der Waals surface area (Å²) in [6, 6.07) is 7.13. The number of hydrogen-bond donors (Lipinski definition) is 1. The zero-order valence-corrected chi connectivity index (χ0v) is 7.61. The van der Waals surface area contributed by atoms with Crippen molar-refractivity contribution in [3.8, 4) is 0 Å². The van der Waals surface area contributed by atoms with Crippen molar-refractivity contribution in [2.24, 2.45) is 0 Å². The van der Waals surface area contributed by atoms with E-state index in [1.165, 1.54) is 7.11 Å². The Labute approximate surface area is 80.3 Å². The van der Waals surface area contributed by atoms with Crippen LogP contribution >= 0.6 is 0 Å². The number of benzene rings is 1. The van der Waals surface area contributed by atoms with Gasteiger partial charge in [-0.15, -0.1) is 0 Å². The van der Waals surface area contributed by atoms with Crippen LogP contribution in [0.2, 0.25) is 0 Å². The molecular weight excluding hydrogens is 182 g/mol. The fraction of sp³-hybridized carbons (Fsp3) is 0.100. The van der Waals surface area contributed by atoms with Gasteiger partial charge in [0.1, 0.15) is 11.1 Å². The van der Waals surface area contributed by atoms with Crippen molar-refractivity contribution in [1.29, 1.82) is 0 Å². The highest BCUT2D eigenvalue weighted by Crippen LogP contribution is 2.27. The summed E-state index contributed by atoms with van der Waals surface area (Å²) in [6.07, 6.45) is 0. The van der Waals surface area contributed by atoms with E-state index in [1.54, 1.807) is 12.1 Å². The van der Waals surface area contributed by atoms with Gasteiger partial charge >= 0.3 is 5.97 Å². The number of ether oxygens (including phenoxy) is 1. The first kappa shape index (κ1) is 8.62. The maximum absolute atomic E-state index is 11.3. The zero-order valence-electron chi connectivity index (χ0n) is 7.61. The van der Waals surface area contributed by atoms with Crippen LogP contribution < -0.4 is 5.73 Å². The number of para-hydroxylation sites is 1. The van der Waals surface area contributed by atoms with Crippen LogP contribution in [0.3, 0.4) is 0 Å². The highest BCUT2D eigenvalue weighted by Gasteiger charge is 2.18. The van der Waals surface area contributed by atoms with Gasteiger partial charge in [-0.05, 0) is 6.07 Å². The van der Waals surface area contributed by atoms with E-state index in [0.29, 0.717) is 16.5 Å². The van der Waals surface area contributed by atoms with E-state index in [4.69, 9.17) is 10.2 Å². The predicted molar refractivity (Wildman–Crippen MR) is 52.0 cm³/mol. The highest BCUT2D eigenvalue weighted by atomic mass is 16.5. The first-order valence-electron chi connectivity index (χ1n) is 4.09. The monoisotopic (exact) mass is 191 g/mol. The first-order valence-corrected chi connectivity index (χ1v) is 4.09. The zero-order chi connectivity index (χ0) is 10.1. The molecule has 1 aromatic heterocycles. The molecule has 0 aliphatic heterocycles. The van der Waals surface area contributed by atoms with Crippen LogP contribution in [0.4, 0.5) is 5.88 Å². The van der Waals surface area contributed by atoms with E-state index in [1.807, 2.05) is 12.1 Å². The number of nitrogens with two attached hydrogens (primary N) is 1. The van der Waals surface area contributed by atoms with Crippen molar-refractivity contribution in [1.82, 2.24) is 0 Å².